The van der Waals surface area contributed by atoms with Crippen molar-refractivity contribution in [3.63, 3.8) is 0 Å². The zero-order chi connectivity index (χ0) is 15.5. The molecule has 0 saturated carbocycles. The third-order valence-corrected chi connectivity index (χ3v) is 3.76. The molecule has 116 valence electrons. The van der Waals surface area contributed by atoms with Gasteiger partial charge in [-0.25, -0.2) is 0 Å². The molecular formula is C14H15N3O4S. The van der Waals surface area contributed by atoms with Gasteiger partial charge in [0.25, 0.3) is 11.8 Å². The van der Waals surface area contributed by atoms with Gasteiger partial charge in [0.2, 0.25) is 0 Å². The van der Waals surface area contributed by atoms with E-state index in [2.05, 4.69) is 5.32 Å². The van der Waals surface area contributed by atoms with Gasteiger partial charge in [-0.1, -0.05) is 0 Å². The molecule has 0 aliphatic carbocycles. The van der Waals surface area contributed by atoms with E-state index in [1.165, 1.54) is 11.2 Å². The van der Waals surface area contributed by atoms with Crippen LogP contribution in [0.15, 0.2) is 34.6 Å². The molecule has 8 heteroatoms. The molecule has 2 amide bonds. The van der Waals surface area contributed by atoms with Crippen molar-refractivity contribution in [1.82, 2.24) is 15.1 Å². The number of carbonyl (C=O) groups is 2. The first-order valence-electron chi connectivity index (χ1n) is 6.88. The number of ether oxygens (including phenoxy) is 1. The predicted octanol–water partition coefficient (Wildman–Crippen LogP) is 0.239. The van der Waals surface area contributed by atoms with Gasteiger partial charge in [0.15, 0.2) is 5.11 Å². The first-order chi connectivity index (χ1) is 10.6. The van der Waals surface area contributed by atoms with Crippen molar-refractivity contribution in [3.05, 3.63) is 35.9 Å². The number of hydrogen-bond donors (Lipinski definition) is 1. The van der Waals surface area contributed by atoms with Gasteiger partial charge >= 0.3 is 0 Å². The lowest BCUT2D eigenvalue weighted by molar-refractivity contribution is -0.129. The molecule has 2 aliphatic heterocycles. The molecule has 0 unspecified atom stereocenters. The Morgan fingerprint density at radius 3 is 2.77 bits per heavy atom. The first-order valence-corrected chi connectivity index (χ1v) is 7.29. The van der Waals surface area contributed by atoms with Gasteiger partial charge in [0.05, 0.1) is 26.0 Å². The average Bonchev–Trinajstić information content (AvgIpc) is 3.02. The number of rotatable bonds is 3. The Bertz CT molecular complexity index is 620. The van der Waals surface area contributed by atoms with Crippen LogP contribution in [-0.4, -0.2) is 53.0 Å². The van der Waals surface area contributed by atoms with Crippen LogP contribution in [0.25, 0.3) is 0 Å². The van der Waals surface area contributed by atoms with Gasteiger partial charge < -0.3 is 14.1 Å². The summed E-state index contributed by atoms with van der Waals surface area (Å²) >= 11 is 5.08. The number of nitrogens with one attached hydrogen (secondary N) is 1. The molecule has 0 bridgehead atoms. The molecule has 3 rings (SSSR count). The highest BCUT2D eigenvalue weighted by atomic mass is 32.1. The molecule has 2 aliphatic rings. The second kappa shape index (κ2) is 6.29. The maximum atomic E-state index is 12.6. The zero-order valence-electron chi connectivity index (χ0n) is 11.8. The summed E-state index contributed by atoms with van der Waals surface area (Å²) < 4.78 is 10.5. The van der Waals surface area contributed by atoms with Crippen molar-refractivity contribution >= 4 is 29.1 Å². The quantitative estimate of drug-likeness (QED) is 0.488. The second-order valence-corrected chi connectivity index (χ2v) is 5.31. The van der Waals surface area contributed by atoms with Gasteiger partial charge in [-0.05, 0) is 24.4 Å². The molecule has 0 spiro atoms. The Morgan fingerprint density at radius 2 is 2.09 bits per heavy atom. The van der Waals surface area contributed by atoms with E-state index in [4.69, 9.17) is 21.4 Å². The van der Waals surface area contributed by atoms with Crippen LogP contribution < -0.4 is 5.32 Å². The standard InChI is InChI=1S/C14H15N3O4S/c18-12-11(9-16-3-6-20-7-4-16)13(19)17(14(22)15-12)8-10-2-1-5-21-10/h1-2,5,9H,3-4,6-8H2,(H,15,18,22). The Balaban J connectivity index is 1.80. The summed E-state index contributed by atoms with van der Waals surface area (Å²) in [6.07, 6.45) is 3.10. The lowest BCUT2D eigenvalue weighted by atomic mass is 10.2. The van der Waals surface area contributed by atoms with Crippen molar-refractivity contribution < 1.29 is 18.7 Å². The lowest BCUT2D eigenvalue weighted by Gasteiger charge is -2.30. The van der Waals surface area contributed by atoms with Crippen LogP contribution in [0.4, 0.5) is 0 Å². The fourth-order valence-electron chi connectivity index (χ4n) is 2.27. The Labute approximate surface area is 132 Å². The Morgan fingerprint density at radius 1 is 1.32 bits per heavy atom. The summed E-state index contributed by atoms with van der Waals surface area (Å²) in [4.78, 5) is 27.8. The van der Waals surface area contributed by atoms with Gasteiger partial charge in [0.1, 0.15) is 11.3 Å². The van der Waals surface area contributed by atoms with Crippen molar-refractivity contribution in [2.75, 3.05) is 26.3 Å². The summed E-state index contributed by atoms with van der Waals surface area (Å²) in [5.74, 6) is -0.300. The van der Waals surface area contributed by atoms with Gasteiger partial charge in [0, 0.05) is 19.3 Å². The lowest BCUT2D eigenvalue weighted by Crippen LogP contribution is -2.54. The van der Waals surface area contributed by atoms with E-state index in [0.717, 1.165) is 0 Å². The molecule has 2 saturated heterocycles. The Hall–Kier alpha value is -2.19. The summed E-state index contributed by atoms with van der Waals surface area (Å²) in [5.41, 5.74) is 0.0713. The van der Waals surface area contributed by atoms with E-state index in [1.54, 1.807) is 18.3 Å². The van der Waals surface area contributed by atoms with E-state index in [0.29, 0.717) is 32.1 Å². The van der Waals surface area contributed by atoms with Crippen LogP contribution in [-0.2, 0) is 20.9 Å². The number of thiocarbonyl (C=S) groups is 1. The maximum Gasteiger partial charge on any atom is 0.267 e. The summed E-state index contributed by atoms with van der Waals surface area (Å²) in [5, 5.41) is 2.63. The van der Waals surface area contributed by atoms with E-state index in [-0.39, 0.29) is 17.2 Å². The van der Waals surface area contributed by atoms with Crippen molar-refractivity contribution in [2.45, 2.75) is 6.54 Å². The first kappa shape index (κ1) is 14.7. The number of amides is 2. The number of carbonyl (C=O) groups excluding carboxylic acids is 2. The normalized spacial score (nSPS) is 21.5. The van der Waals surface area contributed by atoms with Crippen molar-refractivity contribution in [2.24, 2.45) is 0 Å². The third kappa shape index (κ3) is 3.02. The third-order valence-electron chi connectivity index (χ3n) is 3.44. The van der Waals surface area contributed by atoms with E-state index in [1.807, 2.05) is 4.90 Å². The average molecular weight is 321 g/mol. The molecule has 7 nitrogen and oxygen atoms in total. The van der Waals surface area contributed by atoms with Gasteiger partial charge in [-0.15, -0.1) is 0 Å². The Kier molecular flexibility index (Phi) is 4.21. The molecule has 1 aromatic heterocycles. The topological polar surface area (TPSA) is 75.0 Å². The van der Waals surface area contributed by atoms with E-state index < -0.39 is 11.8 Å². The summed E-state index contributed by atoms with van der Waals surface area (Å²) in [6.45, 7) is 2.63. The number of nitrogens with zero attached hydrogens (tertiary/aromatic N) is 2. The molecule has 2 fully saturated rings. The minimum Gasteiger partial charge on any atom is -0.467 e. The van der Waals surface area contributed by atoms with E-state index in [9.17, 15) is 9.59 Å². The highest BCUT2D eigenvalue weighted by molar-refractivity contribution is 7.80. The van der Waals surface area contributed by atoms with Crippen LogP contribution in [0.1, 0.15) is 5.76 Å². The molecule has 0 aromatic carbocycles. The van der Waals surface area contributed by atoms with Crippen molar-refractivity contribution in [1.29, 1.82) is 0 Å². The predicted molar refractivity (Wildman–Crippen MR) is 80.5 cm³/mol. The smallest absolute Gasteiger partial charge is 0.267 e. The zero-order valence-corrected chi connectivity index (χ0v) is 12.6. The molecule has 1 aromatic rings. The van der Waals surface area contributed by atoms with Gasteiger partial charge in [-0.3, -0.25) is 19.8 Å². The molecule has 3 heterocycles. The summed E-state index contributed by atoms with van der Waals surface area (Å²) in [6, 6.07) is 3.48. The molecule has 22 heavy (non-hydrogen) atoms. The number of hydrogen-bond acceptors (Lipinski definition) is 6. The largest absolute Gasteiger partial charge is 0.467 e. The fourth-order valence-corrected chi connectivity index (χ4v) is 2.51. The molecule has 1 N–H and O–H groups in total. The maximum absolute atomic E-state index is 12.6. The number of morpholine rings is 1. The fraction of sp³-hybridized carbons (Fsp3) is 0.357. The molecule has 0 atom stereocenters. The monoisotopic (exact) mass is 321 g/mol. The minimum atomic E-state index is -0.475. The van der Waals surface area contributed by atoms with Crippen molar-refractivity contribution in [3.8, 4) is 0 Å². The molecule has 0 radical (unpaired) electrons. The second-order valence-electron chi connectivity index (χ2n) is 4.92. The highest BCUT2D eigenvalue weighted by Gasteiger charge is 2.34. The van der Waals surface area contributed by atoms with Crippen LogP contribution in [0, 0.1) is 0 Å². The molecular weight excluding hydrogens is 306 g/mol. The SMILES string of the molecule is O=C1NC(=S)N(Cc2ccco2)C(=O)C1=CN1CCOCC1. The van der Waals surface area contributed by atoms with Crippen LogP contribution in [0.5, 0.6) is 0 Å². The van der Waals surface area contributed by atoms with E-state index >= 15 is 0 Å². The van der Waals surface area contributed by atoms with Crippen LogP contribution in [0.3, 0.4) is 0 Å². The van der Waals surface area contributed by atoms with Gasteiger partial charge in [-0.2, -0.15) is 0 Å². The van der Waals surface area contributed by atoms with Crippen LogP contribution in [0.2, 0.25) is 0 Å². The van der Waals surface area contributed by atoms with Crippen LogP contribution >= 0.6 is 12.2 Å². The number of furan rings is 1. The highest BCUT2D eigenvalue weighted by Crippen LogP contribution is 2.15. The summed E-state index contributed by atoms with van der Waals surface area (Å²) in [7, 11) is 0. The minimum absolute atomic E-state index is 0.0713.